The van der Waals surface area contributed by atoms with Crippen molar-refractivity contribution < 1.29 is 19.1 Å². The number of ether oxygens (including phenoxy) is 2. The van der Waals surface area contributed by atoms with Crippen LogP contribution in [0.3, 0.4) is 0 Å². The van der Waals surface area contributed by atoms with Crippen LogP contribution in [0, 0.1) is 0 Å². The number of hydrogen-bond donors (Lipinski definition) is 2. The number of hydrogen-bond acceptors (Lipinski definition) is 5. The summed E-state index contributed by atoms with van der Waals surface area (Å²) in [7, 11) is 0. The Balaban J connectivity index is 1.48. The topological polar surface area (TPSA) is 86.6 Å². The molecule has 3 rings (SSSR count). The maximum atomic E-state index is 12.3. The normalized spacial score (nSPS) is 16.6. The molecule has 0 aromatic heterocycles. The van der Waals surface area contributed by atoms with Gasteiger partial charge in [-0.05, 0) is 11.1 Å². The van der Waals surface area contributed by atoms with Crippen molar-refractivity contribution in [2.24, 2.45) is 0 Å². The van der Waals surface area contributed by atoms with Crippen molar-refractivity contribution in [1.82, 2.24) is 10.6 Å². The monoisotopic (exact) mass is 340 g/mol. The molecule has 0 saturated carbocycles. The molecule has 130 valence electrons. The third-order valence-electron chi connectivity index (χ3n) is 3.81. The smallest absolute Gasteiger partial charge is 0.408 e. The van der Waals surface area contributed by atoms with Crippen molar-refractivity contribution in [1.29, 1.82) is 0 Å². The summed E-state index contributed by atoms with van der Waals surface area (Å²) < 4.78 is 10.5. The van der Waals surface area contributed by atoms with Crippen LogP contribution in [0.2, 0.25) is 0 Å². The maximum Gasteiger partial charge on any atom is 0.408 e. The van der Waals surface area contributed by atoms with Crippen LogP contribution in [0.5, 0.6) is 0 Å². The van der Waals surface area contributed by atoms with E-state index in [9.17, 15) is 9.59 Å². The lowest BCUT2D eigenvalue weighted by Crippen LogP contribution is -2.46. The molecular formula is C19H20N2O4. The van der Waals surface area contributed by atoms with Gasteiger partial charge in [0.15, 0.2) is 0 Å². The molecule has 1 amide bonds. The van der Waals surface area contributed by atoms with Gasteiger partial charge < -0.3 is 20.1 Å². The van der Waals surface area contributed by atoms with Gasteiger partial charge in [-0.3, -0.25) is 0 Å². The van der Waals surface area contributed by atoms with Gasteiger partial charge in [-0.2, -0.15) is 0 Å². The Labute approximate surface area is 146 Å². The van der Waals surface area contributed by atoms with Gasteiger partial charge in [-0.15, -0.1) is 0 Å². The van der Waals surface area contributed by atoms with E-state index in [4.69, 9.17) is 9.47 Å². The third kappa shape index (κ3) is 5.32. The minimum atomic E-state index is -0.757. The molecule has 0 aliphatic carbocycles. The number of nitrogens with one attached hydrogen (secondary N) is 2. The molecule has 2 N–H and O–H groups in total. The van der Waals surface area contributed by atoms with Crippen molar-refractivity contribution in [3.63, 3.8) is 0 Å². The summed E-state index contributed by atoms with van der Waals surface area (Å²) in [5.41, 5.74) is 1.77. The number of carbonyl (C=O) groups is 2. The van der Waals surface area contributed by atoms with Crippen LogP contribution in [0.25, 0.3) is 0 Å². The summed E-state index contributed by atoms with van der Waals surface area (Å²) in [6.07, 6.45) is -0.640. The molecule has 2 aromatic carbocycles. The molecule has 0 spiro atoms. The highest BCUT2D eigenvalue weighted by molar-refractivity contribution is 5.82. The van der Waals surface area contributed by atoms with E-state index in [0.29, 0.717) is 6.54 Å². The van der Waals surface area contributed by atoms with E-state index in [2.05, 4.69) is 10.6 Å². The predicted molar refractivity (Wildman–Crippen MR) is 91.6 cm³/mol. The summed E-state index contributed by atoms with van der Waals surface area (Å²) in [6.45, 7) is 0.976. The highest BCUT2D eigenvalue weighted by Crippen LogP contribution is 2.10. The van der Waals surface area contributed by atoms with E-state index in [1.807, 2.05) is 60.7 Å². The molecule has 1 aliphatic heterocycles. The van der Waals surface area contributed by atoms with Crippen LogP contribution in [-0.2, 0) is 27.5 Å². The van der Waals surface area contributed by atoms with Gasteiger partial charge in [0.25, 0.3) is 0 Å². The average molecular weight is 340 g/mol. The number of carbonyl (C=O) groups excluding carboxylic acids is 2. The second kappa shape index (κ2) is 8.30. The lowest BCUT2D eigenvalue weighted by Gasteiger charge is -2.16. The molecular weight excluding hydrogens is 320 g/mol. The van der Waals surface area contributed by atoms with Gasteiger partial charge in [-0.25, -0.2) is 9.59 Å². The first-order valence-corrected chi connectivity index (χ1v) is 8.13. The molecule has 6 nitrogen and oxygen atoms in total. The summed E-state index contributed by atoms with van der Waals surface area (Å²) in [4.78, 5) is 24.2. The summed E-state index contributed by atoms with van der Waals surface area (Å²) in [5.74, 6) is -0.476. The van der Waals surface area contributed by atoms with Crippen LogP contribution >= 0.6 is 0 Å². The van der Waals surface area contributed by atoms with Crippen molar-refractivity contribution in [2.45, 2.75) is 25.3 Å². The van der Waals surface area contributed by atoms with Crippen LogP contribution in [-0.4, -0.2) is 30.7 Å². The van der Waals surface area contributed by atoms with E-state index in [0.717, 1.165) is 11.1 Å². The van der Waals surface area contributed by atoms with Gasteiger partial charge in [-0.1, -0.05) is 60.7 Å². The maximum absolute atomic E-state index is 12.3. The van der Waals surface area contributed by atoms with Crippen LogP contribution in [0.15, 0.2) is 60.7 Å². The van der Waals surface area contributed by atoms with Gasteiger partial charge in [0.1, 0.15) is 19.3 Å². The van der Waals surface area contributed by atoms with E-state index < -0.39 is 18.1 Å². The fraction of sp³-hybridized carbons (Fsp3) is 0.263. The minimum absolute atomic E-state index is 0.118. The number of esters is 1. The standard InChI is InChI=1S/C19H20N2O4/c22-18(24-12-14-7-3-1-4-8-14)17(16-11-20-16)21-19(23)25-13-15-9-5-2-6-10-15/h1-10,16-17,20H,11-13H2,(H,21,23). The molecule has 1 saturated heterocycles. The van der Waals surface area contributed by atoms with Crippen molar-refractivity contribution in [3.05, 3.63) is 71.8 Å². The van der Waals surface area contributed by atoms with E-state index >= 15 is 0 Å². The predicted octanol–water partition coefficient (Wildman–Crippen LogP) is 2.00. The van der Waals surface area contributed by atoms with E-state index in [-0.39, 0.29) is 19.3 Å². The highest BCUT2D eigenvalue weighted by atomic mass is 16.6. The van der Waals surface area contributed by atoms with Crippen molar-refractivity contribution in [2.75, 3.05) is 6.54 Å². The molecule has 6 heteroatoms. The SMILES string of the molecule is O=C(NC(C(=O)OCc1ccccc1)C1CN1)OCc1ccccc1. The number of amides is 1. The Morgan fingerprint density at radius 1 is 0.960 bits per heavy atom. The summed E-state index contributed by atoms with van der Waals surface area (Å²) in [6, 6.07) is 17.9. The Bertz CT molecular complexity index is 702. The Morgan fingerprint density at radius 2 is 1.48 bits per heavy atom. The molecule has 0 radical (unpaired) electrons. The first-order valence-electron chi connectivity index (χ1n) is 8.13. The highest BCUT2D eigenvalue weighted by Gasteiger charge is 2.38. The Kier molecular flexibility index (Phi) is 5.64. The fourth-order valence-electron chi connectivity index (χ4n) is 2.34. The quantitative estimate of drug-likeness (QED) is 0.595. The lowest BCUT2D eigenvalue weighted by atomic mass is 10.2. The molecule has 2 atom stereocenters. The summed E-state index contributed by atoms with van der Waals surface area (Å²) in [5, 5.41) is 5.61. The zero-order valence-electron chi connectivity index (χ0n) is 13.7. The first-order chi connectivity index (χ1) is 12.2. The molecule has 25 heavy (non-hydrogen) atoms. The fourth-order valence-corrected chi connectivity index (χ4v) is 2.34. The lowest BCUT2D eigenvalue weighted by molar-refractivity contribution is -0.147. The zero-order chi connectivity index (χ0) is 17.5. The van der Waals surface area contributed by atoms with Crippen molar-refractivity contribution >= 4 is 12.1 Å². The molecule has 1 fully saturated rings. The van der Waals surface area contributed by atoms with E-state index in [1.165, 1.54) is 0 Å². The minimum Gasteiger partial charge on any atom is -0.459 e. The second-order valence-electron chi connectivity index (χ2n) is 5.79. The Morgan fingerprint density at radius 3 is 2.00 bits per heavy atom. The number of rotatable bonds is 7. The average Bonchev–Trinajstić information content (AvgIpc) is 3.49. The molecule has 1 heterocycles. The summed E-state index contributed by atoms with van der Waals surface area (Å²) >= 11 is 0. The first kappa shape index (κ1) is 17.0. The third-order valence-corrected chi connectivity index (χ3v) is 3.81. The molecule has 0 bridgehead atoms. The van der Waals surface area contributed by atoms with Crippen LogP contribution in [0.4, 0.5) is 4.79 Å². The van der Waals surface area contributed by atoms with Crippen LogP contribution < -0.4 is 10.6 Å². The van der Waals surface area contributed by atoms with Gasteiger partial charge >= 0.3 is 12.1 Å². The van der Waals surface area contributed by atoms with E-state index in [1.54, 1.807) is 0 Å². The van der Waals surface area contributed by atoms with Crippen LogP contribution in [0.1, 0.15) is 11.1 Å². The molecule has 1 aliphatic rings. The zero-order valence-corrected chi connectivity index (χ0v) is 13.7. The number of benzene rings is 2. The second-order valence-corrected chi connectivity index (χ2v) is 5.79. The van der Waals surface area contributed by atoms with Gasteiger partial charge in [0.2, 0.25) is 0 Å². The molecule has 2 unspecified atom stereocenters. The van der Waals surface area contributed by atoms with Crippen molar-refractivity contribution in [3.8, 4) is 0 Å². The molecule has 2 aromatic rings. The largest absolute Gasteiger partial charge is 0.459 e. The van der Waals surface area contributed by atoms with Gasteiger partial charge in [0, 0.05) is 6.54 Å². The van der Waals surface area contributed by atoms with Gasteiger partial charge in [0.05, 0.1) is 6.04 Å². The Hall–Kier alpha value is -2.86. The number of alkyl carbamates (subject to hydrolysis) is 1.